The topological polar surface area (TPSA) is 172 Å². The van der Waals surface area contributed by atoms with Gasteiger partial charge in [-0.2, -0.15) is 0 Å². The van der Waals surface area contributed by atoms with Gasteiger partial charge in [-0.15, -0.1) is 0 Å². The van der Waals surface area contributed by atoms with E-state index in [4.69, 9.17) is 4.74 Å². The second-order valence-corrected chi connectivity index (χ2v) is 16.5. The first kappa shape index (κ1) is 54.2. The minimum absolute atomic E-state index is 0. The smallest absolute Gasteiger partial charge is 0.870 e. The molecule has 2 aliphatic rings. The molecule has 2 heterocycles. The van der Waals surface area contributed by atoms with Crippen LogP contribution < -0.4 is 18.9 Å². The van der Waals surface area contributed by atoms with E-state index in [2.05, 4.69) is 34.1 Å². The van der Waals surface area contributed by atoms with Gasteiger partial charge in [-0.1, -0.05) is 182 Å². The Morgan fingerprint density at radius 1 is 0.500 bits per heavy atom. The summed E-state index contributed by atoms with van der Waals surface area (Å²) < 4.78 is 5.11. The molecule has 6 aromatic carbocycles. The number of benzene rings is 6. The minimum Gasteiger partial charge on any atom is -0.870 e. The van der Waals surface area contributed by atoms with Crippen LogP contribution in [0.5, 0.6) is 0 Å². The number of amides is 2. The van der Waals surface area contributed by atoms with Gasteiger partial charge >= 0.3 is 30.8 Å². The molecule has 0 radical (unpaired) electrons. The van der Waals surface area contributed by atoms with Gasteiger partial charge in [0.2, 0.25) is 11.8 Å². The number of esters is 1. The Hall–Kier alpha value is -6.36. The quantitative estimate of drug-likeness (QED) is 0.127. The summed E-state index contributed by atoms with van der Waals surface area (Å²) in [5.41, 5.74) is 6.08. The number of carbonyl (C=O) groups is 4. The zero-order chi connectivity index (χ0) is 45.4. The minimum atomic E-state index is -0.956. The maximum atomic E-state index is 13.9. The third-order valence-electron chi connectivity index (χ3n) is 12.4. The number of piperazine rings is 2. The normalized spacial score (nSPS) is 15.9. The molecule has 4 N–H and O–H groups in total. The second kappa shape index (κ2) is 27.5. The summed E-state index contributed by atoms with van der Waals surface area (Å²) >= 11 is 0. The standard InChI is InChI=1S/C28H30N2O3.C27H28N2O3.Li.2H2O/c1-33-28(32)25-21-29(18-17-22-11-5-2-6-12-22)19-20-30(25)27(31)26(23-13-7-3-8-14-23)24-15-9-4-10-16-24;30-26(25(22-12-6-2-7-13-22)23-14-8-3-9-15-23)29-19-18-28(20-24(29)27(31)32)17-16-21-10-4-1-5-11-21;;;/h2-16,25-26H,17-21H2,1H3;1-15,24-25H,16-20H2,(H,31,32);;2*1H2/q;;+1;;/p-1/t25-;24-;;;/m00.../s1. The Morgan fingerprint density at radius 2 is 0.794 bits per heavy atom. The van der Waals surface area contributed by atoms with Crippen LogP contribution >= 0.6 is 0 Å². The molecule has 0 spiro atoms. The monoisotopic (exact) mass is 912 g/mol. The van der Waals surface area contributed by atoms with E-state index in [9.17, 15) is 24.3 Å². The van der Waals surface area contributed by atoms with Crippen LogP contribution in [0.15, 0.2) is 182 Å². The number of hydrogen-bond donors (Lipinski definition) is 1. The van der Waals surface area contributed by atoms with Gasteiger partial charge in [0.25, 0.3) is 0 Å². The van der Waals surface area contributed by atoms with Crippen LogP contribution in [0.25, 0.3) is 0 Å². The number of carboxylic acids is 1. The maximum absolute atomic E-state index is 13.9. The number of ether oxygens (including phenoxy) is 1. The van der Waals surface area contributed by atoms with Crippen LogP contribution in [0.4, 0.5) is 0 Å². The van der Waals surface area contributed by atoms with Crippen LogP contribution in [-0.4, -0.2) is 131 Å². The molecule has 6 aromatic rings. The number of methoxy groups -OCH3 is 1. The van der Waals surface area contributed by atoms with E-state index in [-0.39, 0.29) is 47.6 Å². The first-order valence-electron chi connectivity index (χ1n) is 22.4. The Morgan fingerprint density at radius 3 is 1.10 bits per heavy atom. The zero-order valence-corrected chi connectivity index (χ0v) is 38.9. The fourth-order valence-corrected chi connectivity index (χ4v) is 8.89. The number of hydrogen-bond acceptors (Lipinski definition) is 8. The van der Waals surface area contributed by atoms with E-state index in [1.165, 1.54) is 18.2 Å². The van der Waals surface area contributed by atoms with Crippen molar-refractivity contribution in [1.29, 1.82) is 0 Å². The summed E-state index contributed by atoms with van der Waals surface area (Å²) in [5, 5.41) is 9.96. The fourth-order valence-electron chi connectivity index (χ4n) is 8.89. The van der Waals surface area contributed by atoms with E-state index in [1.54, 1.807) is 9.80 Å². The molecule has 2 saturated heterocycles. The zero-order valence-electron chi connectivity index (χ0n) is 38.9. The average molecular weight is 913 g/mol. The third-order valence-corrected chi connectivity index (χ3v) is 12.4. The molecule has 350 valence electrons. The first-order chi connectivity index (χ1) is 31.8. The molecule has 13 heteroatoms. The molecule has 0 unspecified atom stereocenters. The van der Waals surface area contributed by atoms with Gasteiger partial charge in [0, 0.05) is 52.4 Å². The van der Waals surface area contributed by atoms with Crippen LogP contribution in [0.2, 0.25) is 0 Å². The van der Waals surface area contributed by atoms with Crippen molar-refractivity contribution in [2.45, 2.75) is 36.8 Å². The van der Waals surface area contributed by atoms with Gasteiger partial charge < -0.3 is 30.6 Å². The molecular weight excluding hydrogens is 852 g/mol. The molecule has 2 fully saturated rings. The van der Waals surface area contributed by atoms with Gasteiger partial charge in [-0.3, -0.25) is 19.4 Å². The number of carboxylic acid groups (broad SMARTS) is 1. The molecule has 0 aliphatic carbocycles. The number of carbonyl (C=O) groups excluding carboxylic acids is 3. The van der Waals surface area contributed by atoms with Crippen molar-refractivity contribution in [2.75, 3.05) is 59.5 Å². The van der Waals surface area contributed by atoms with Crippen molar-refractivity contribution in [2.24, 2.45) is 0 Å². The first-order valence-corrected chi connectivity index (χ1v) is 22.4. The van der Waals surface area contributed by atoms with E-state index in [1.807, 2.05) is 158 Å². The van der Waals surface area contributed by atoms with Crippen LogP contribution in [-0.2, 0) is 36.8 Å². The molecule has 0 aromatic heterocycles. The van der Waals surface area contributed by atoms with Gasteiger partial charge in [-0.25, -0.2) is 9.59 Å². The van der Waals surface area contributed by atoms with Crippen molar-refractivity contribution in [3.63, 3.8) is 0 Å². The van der Waals surface area contributed by atoms with E-state index < -0.39 is 29.9 Å². The largest absolute Gasteiger partial charge is 1.00 e. The number of nitrogens with zero attached hydrogens (tertiary/aromatic N) is 4. The van der Waals surface area contributed by atoms with E-state index in [0.717, 1.165) is 54.7 Å². The molecule has 12 nitrogen and oxygen atoms in total. The summed E-state index contributed by atoms with van der Waals surface area (Å²) in [5.74, 6) is -2.52. The van der Waals surface area contributed by atoms with Crippen LogP contribution in [0.3, 0.4) is 0 Å². The van der Waals surface area contributed by atoms with Gasteiger partial charge in [0.05, 0.1) is 18.9 Å². The Balaban J connectivity index is 0.000000284. The number of aliphatic carboxylic acids is 1. The molecule has 2 amide bonds. The molecule has 68 heavy (non-hydrogen) atoms. The van der Waals surface area contributed by atoms with Crippen molar-refractivity contribution >= 4 is 23.8 Å². The maximum Gasteiger partial charge on any atom is 1.00 e. The molecule has 2 aliphatic heterocycles. The van der Waals surface area contributed by atoms with Crippen molar-refractivity contribution in [3.05, 3.63) is 215 Å². The Kier molecular flexibility index (Phi) is 21.9. The summed E-state index contributed by atoms with van der Waals surface area (Å²) in [6, 6.07) is 57.8. The van der Waals surface area contributed by atoms with E-state index >= 15 is 0 Å². The van der Waals surface area contributed by atoms with Gasteiger partial charge in [0.1, 0.15) is 12.1 Å². The predicted molar refractivity (Wildman–Crippen MR) is 259 cm³/mol. The second-order valence-electron chi connectivity index (χ2n) is 16.5. The van der Waals surface area contributed by atoms with Crippen LogP contribution in [0, 0.1) is 0 Å². The summed E-state index contributed by atoms with van der Waals surface area (Å²) in [7, 11) is 1.39. The van der Waals surface area contributed by atoms with Crippen molar-refractivity contribution in [3.8, 4) is 0 Å². The van der Waals surface area contributed by atoms with Gasteiger partial charge in [0.15, 0.2) is 0 Å². The summed E-state index contributed by atoms with van der Waals surface area (Å²) in [6.45, 7) is 4.70. The predicted octanol–water partition coefficient (Wildman–Crippen LogP) is 3.41. The molecule has 0 bridgehead atoms. The fraction of sp³-hybridized carbons (Fsp3) is 0.273. The Labute approximate surface area is 411 Å². The SMILES string of the molecule is COC(=O)[C@@H]1CN(CCc2ccccc2)CCN1C(=O)C(c1ccccc1)c1ccccc1.O.O=C(O)[C@@H]1CN(CCc2ccccc2)CCN1C(=O)C(c1ccccc1)c1ccccc1.[Li+].[OH-]. The molecule has 8 rings (SSSR count). The van der Waals surface area contributed by atoms with Crippen molar-refractivity contribution in [1.82, 2.24) is 19.6 Å². The van der Waals surface area contributed by atoms with Gasteiger partial charge in [-0.05, 0) is 46.2 Å². The Bertz CT molecular complexity index is 2340. The molecule has 0 saturated carbocycles. The average Bonchev–Trinajstić information content (AvgIpc) is 3.37. The summed E-state index contributed by atoms with van der Waals surface area (Å²) in [4.78, 5) is 60.3. The number of rotatable bonds is 14. The van der Waals surface area contributed by atoms with Crippen molar-refractivity contribution < 1.29 is 58.8 Å². The summed E-state index contributed by atoms with van der Waals surface area (Å²) in [6.07, 6.45) is 1.76. The van der Waals surface area contributed by atoms with Crippen LogP contribution in [0.1, 0.15) is 45.2 Å². The van der Waals surface area contributed by atoms with E-state index in [0.29, 0.717) is 32.7 Å². The third kappa shape index (κ3) is 14.3. The molecule has 2 atom stereocenters. The molecular formula is C55H61LiN4O8.